The van der Waals surface area contributed by atoms with Crippen molar-refractivity contribution in [1.29, 1.82) is 0 Å². The van der Waals surface area contributed by atoms with Gasteiger partial charge in [0.05, 0.1) is 6.61 Å². The fourth-order valence-corrected chi connectivity index (χ4v) is 2.39. The smallest absolute Gasteiger partial charge is 0.323 e. The molecule has 7 heteroatoms. The van der Waals surface area contributed by atoms with Crippen molar-refractivity contribution in [3.8, 4) is 6.01 Å². The summed E-state index contributed by atoms with van der Waals surface area (Å²) in [6, 6.07) is 0.728. The lowest BCUT2D eigenvalue weighted by Crippen LogP contribution is -2.38. The minimum atomic E-state index is 0.212. The minimum absolute atomic E-state index is 0.212. The van der Waals surface area contributed by atoms with Crippen LogP contribution in [0.1, 0.15) is 19.8 Å². The second-order valence-corrected chi connectivity index (χ2v) is 4.96. The highest BCUT2D eigenvalue weighted by molar-refractivity contribution is 5.38. The maximum atomic E-state index is 5.72. The maximum Gasteiger partial charge on any atom is 0.323 e. The van der Waals surface area contributed by atoms with Crippen molar-refractivity contribution in [3.05, 3.63) is 0 Å². The van der Waals surface area contributed by atoms with E-state index in [9.17, 15) is 0 Å². The van der Waals surface area contributed by atoms with Crippen molar-refractivity contribution in [3.63, 3.8) is 0 Å². The molecular formula is C12H22N6O. The molecule has 2 heterocycles. The molecule has 1 saturated heterocycles. The van der Waals surface area contributed by atoms with E-state index in [0.717, 1.165) is 25.9 Å². The Labute approximate surface area is 113 Å². The van der Waals surface area contributed by atoms with Gasteiger partial charge in [-0.3, -0.25) is 0 Å². The van der Waals surface area contributed by atoms with Gasteiger partial charge in [0.1, 0.15) is 0 Å². The first-order valence-electron chi connectivity index (χ1n) is 6.66. The predicted molar refractivity (Wildman–Crippen MR) is 74.3 cm³/mol. The molecule has 0 aliphatic carbocycles. The highest BCUT2D eigenvalue weighted by atomic mass is 16.5. The molecule has 1 aromatic rings. The number of hydrogen-bond acceptors (Lipinski definition) is 7. The number of nitrogens with two attached hydrogens (primary N) is 1. The van der Waals surface area contributed by atoms with Gasteiger partial charge >= 0.3 is 6.01 Å². The Balaban J connectivity index is 2.19. The molecule has 0 radical (unpaired) electrons. The highest BCUT2D eigenvalue weighted by Crippen LogP contribution is 2.24. The number of hydrogen-bond donors (Lipinski definition) is 1. The van der Waals surface area contributed by atoms with Crippen LogP contribution < -0.4 is 15.4 Å². The van der Waals surface area contributed by atoms with Crippen LogP contribution in [0.2, 0.25) is 0 Å². The van der Waals surface area contributed by atoms with Gasteiger partial charge in [-0.15, -0.1) is 0 Å². The molecule has 1 aromatic heterocycles. The summed E-state index contributed by atoms with van der Waals surface area (Å²) in [4.78, 5) is 16.9. The molecule has 1 unspecified atom stereocenters. The van der Waals surface area contributed by atoms with Gasteiger partial charge in [-0.05, 0) is 33.9 Å². The van der Waals surface area contributed by atoms with Crippen molar-refractivity contribution < 1.29 is 4.74 Å². The number of nitrogens with zero attached hydrogens (tertiary/aromatic N) is 5. The number of nitrogen functional groups attached to an aromatic ring is 1. The zero-order valence-electron chi connectivity index (χ0n) is 11.8. The number of rotatable bonds is 5. The third-order valence-corrected chi connectivity index (χ3v) is 3.10. The molecule has 106 valence electrons. The lowest BCUT2D eigenvalue weighted by atomic mass is 10.2. The maximum absolute atomic E-state index is 5.72. The van der Waals surface area contributed by atoms with Gasteiger partial charge in [0.15, 0.2) is 0 Å². The fourth-order valence-electron chi connectivity index (χ4n) is 2.39. The van der Waals surface area contributed by atoms with Crippen molar-refractivity contribution >= 4 is 11.9 Å². The van der Waals surface area contributed by atoms with E-state index in [1.807, 2.05) is 6.92 Å². The van der Waals surface area contributed by atoms with E-state index in [1.54, 1.807) is 0 Å². The van der Waals surface area contributed by atoms with Crippen LogP contribution in [0.5, 0.6) is 6.01 Å². The van der Waals surface area contributed by atoms with Gasteiger partial charge in [-0.2, -0.15) is 15.0 Å². The van der Waals surface area contributed by atoms with Crippen LogP contribution in [0.25, 0.3) is 0 Å². The second-order valence-electron chi connectivity index (χ2n) is 4.96. The normalized spacial score (nSPS) is 19.2. The van der Waals surface area contributed by atoms with Crippen LogP contribution in [0, 0.1) is 0 Å². The molecule has 2 N–H and O–H groups in total. The summed E-state index contributed by atoms with van der Waals surface area (Å²) >= 11 is 0. The highest BCUT2D eigenvalue weighted by Gasteiger charge is 2.27. The predicted octanol–water partition coefficient (Wildman–Crippen LogP) is 0.383. The molecule has 1 atom stereocenters. The Morgan fingerprint density at radius 1 is 1.37 bits per heavy atom. The van der Waals surface area contributed by atoms with E-state index < -0.39 is 0 Å². The summed E-state index contributed by atoms with van der Waals surface area (Å²) in [6.45, 7) is 4.34. The number of likely N-dealkylation sites (N-methyl/N-ethyl adjacent to an activating group) is 1. The van der Waals surface area contributed by atoms with Gasteiger partial charge < -0.3 is 20.3 Å². The van der Waals surface area contributed by atoms with E-state index >= 15 is 0 Å². The molecule has 0 saturated carbocycles. The van der Waals surface area contributed by atoms with Crippen LogP contribution in [0.3, 0.4) is 0 Å². The number of anilines is 2. The third kappa shape index (κ3) is 3.44. The SMILES string of the molecule is CCOc1nc(N)nc(N2CCCC2CN(C)C)n1. The van der Waals surface area contributed by atoms with E-state index in [-0.39, 0.29) is 5.95 Å². The Bertz CT molecular complexity index is 425. The van der Waals surface area contributed by atoms with Crippen molar-refractivity contribution in [1.82, 2.24) is 19.9 Å². The molecule has 1 aliphatic rings. The Hall–Kier alpha value is -1.63. The van der Waals surface area contributed by atoms with Crippen molar-refractivity contribution in [2.75, 3.05) is 44.4 Å². The summed E-state index contributed by atoms with van der Waals surface area (Å²) in [6.07, 6.45) is 2.29. The summed E-state index contributed by atoms with van der Waals surface area (Å²) in [5.41, 5.74) is 5.72. The van der Waals surface area contributed by atoms with Crippen LogP contribution in [0.15, 0.2) is 0 Å². The van der Waals surface area contributed by atoms with Crippen LogP contribution in [0.4, 0.5) is 11.9 Å². The zero-order chi connectivity index (χ0) is 13.8. The molecule has 7 nitrogen and oxygen atoms in total. The molecule has 0 aromatic carbocycles. The topological polar surface area (TPSA) is 80.4 Å². The first-order chi connectivity index (χ1) is 9.10. The Morgan fingerprint density at radius 2 is 2.16 bits per heavy atom. The summed E-state index contributed by atoms with van der Waals surface area (Å²) in [5, 5.41) is 0. The molecule has 0 bridgehead atoms. The molecule has 0 spiro atoms. The van der Waals surface area contributed by atoms with E-state index in [1.165, 1.54) is 0 Å². The second kappa shape index (κ2) is 6.01. The van der Waals surface area contributed by atoms with Crippen LogP contribution in [-0.4, -0.2) is 59.7 Å². The Kier molecular flexibility index (Phi) is 4.36. The van der Waals surface area contributed by atoms with Gasteiger partial charge in [-0.25, -0.2) is 0 Å². The van der Waals surface area contributed by atoms with Crippen molar-refractivity contribution in [2.24, 2.45) is 0 Å². The van der Waals surface area contributed by atoms with Crippen molar-refractivity contribution in [2.45, 2.75) is 25.8 Å². The average molecular weight is 266 g/mol. The third-order valence-electron chi connectivity index (χ3n) is 3.10. The molecular weight excluding hydrogens is 244 g/mol. The minimum Gasteiger partial charge on any atom is -0.464 e. The number of aromatic nitrogens is 3. The lowest BCUT2D eigenvalue weighted by molar-refractivity contribution is 0.311. The Morgan fingerprint density at radius 3 is 2.84 bits per heavy atom. The summed E-state index contributed by atoms with van der Waals surface area (Å²) < 4.78 is 5.32. The standard InChI is InChI=1S/C12H22N6O/c1-4-19-12-15-10(13)14-11(16-12)18-7-5-6-9(18)8-17(2)3/h9H,4-8H2,1-3H3,(H2,13,14,15,16). The molecule has 19 heavy (non-hydrogen) atoms. The van der Waals surface area contributed by atoms with Crippen LogP contribution >= 0.6 is 0 Å². The van der Waals surface area contributed by atoms with Gasteiger partial charge in [-0.1, -0.05) is 0 Å². The first-order valence-corrected chi connectivity index (χ1v) is 6.66. The quantitative estimate of drug-likeness (QED) is 0.825. The molecule has 2 rings (SSSR count). The number of ether oxygens (including phenoxy) is 1. The summed E-state index contributed by atoms with van der Waals surface area (Å²) in [5.74, 6) is 0.837. The first kappa shape index (κ1) is 13.8. The molecule has 1 aliphatic heterocycles. The summed E-state index contributed by atoms with van der Waals surface area (Å²) in [7, 11) is 4.15. The van der Waals surface area contributed by atoms with Gasteiger partial charge in [0.2, 0.25) is 11.9 Å². The molecule has 1 fully saturated rings. The fraction of sp³-hybridized carbons (Fsp3) is 0.750. The lowest BCUT2D eigenvalue weighted by Gasteiger charge is -2.27. The van der Waals surface area contributed by atoms with E-state index in [0.29, 0.717) is 24.6 Å². The molecule has 0 amide bonds. The van der Waals surface area contributed by atoms with Crippen LogP contribution in [-0.2, 0) is 0 Å². The monoisotopic (exact) mass is 266 g/mol. The largest absolute Gasteiger partial charge is 0.464 e. The van der Waals surface area contributed by atoms with E-state index in [4.69, 9.17) is 10.5 Å². The average Bonchev–Trinajstić information content (AvgIpc) is 2.75. The van der Waals surface area contributed by atoms with Gasteiger partial charge in [0.25, 0.3) is 0 Å². The zero-order valence-corrected chi connectivity index (χ0v) is 11.8. The van der Waals surface area contributed by atoms with E-state index in [2.05, 4.69) is 38.8 Å². The van der Waals surface area contributed by atoms with Gasteiger partial charge in [0, 0.05) is 19.1 Å².